The molecule has 0 spiro atoms. The maximum absolute atomic E-state index is 12.5. The Morgan fingerprint density at radius 2 is 1.81 bits per heavy atom. The highest BCUT2D eigenvalue weighted by Gasteiger charge is 2.26. The van der Waals surface area contributed by atoms with Crippen LogP contribution in [0.5, 0.6) is 5.75 Å². The van der Waals surface area contributed by atoms with Crippen LogP contribution in [0.2, 0.25) is 0 Å². The van der Waals surface area contributed by atoms with Gasteiger partial charge >= 0.3 is 0 Å². The highest BCUT2D eigenvalue weighted by Crippen LogP contribution is 2.34. The first-order valence-electron chi connectivity index (χ1n) is 8.87. The molecule has 0 aliphatic carbocycles. The third kappa shape index (κ3) is 3.49. The minimum atomic E-state index is -0.280. The van der Waals surface area contributed by atoms with E-state index < -0.39 is 0 Å². The van der Waals surface area contributed by atoms with Gasteiger partial charge in [-0.25, -0.2) is 5.43 Å². The van der Waals surface area contributed by atoms with Crippen LogP contribution in [0.3, 0.4) is 0 Å². The zero-order chi connectivity index (χ0) is 18.8. The van der Waals surface area contributed by atoms with Crippen LogP contribution < -0.4 is 10.2 Å². The molecular formula is C22H20N2O3. The van der Waals surface area contributed by atoms with Gasteiger partial charge in [0.15, 0.2) is 0 Å². The molecule has 1 N–H and O–H groups in total. The summed E-state index contributed by atoms with van der Waals surface area (Å²) in [5, 5.41) is 4.42. The summed E-state index contributed by atoms with van der Waals surface area (Å²) in [6, 6.07) is 19.5. The first kappa shape index (κ1) is 17.1. The normalized spacial score (nSPS) is 17.3. The van der Waals surface area contributed by atoms with Gasteiger partial charge in [0.2, 0.25) is 0 Å². The van der Waals surface area contributed by atoms with Gasteiger partial charge in [-0.15, -0.1) is 0 Å². The molecule has 1 aliphatic heterocycles. The van der Waals surface area contributed by atoms with E-state index in [-0.39, 0.29) is 12.0 Å². The number of nitrogens with one attached hydrogen (secondary N) is 1. The molecule has 1 atom stereocenters. The largest absolute Gasteiger partial charge is 0.485 e. The van der Waals surface area contributed by atoms with Crippen molar-refractivity contribution in [2.45, 2.75) is 26.4 Å². The lowest BCUT2D eigenvalue weighted by molar-refractivity contribution is 0.0952. The number of fused-ring (bicyclic) bond motifs is 1. The number of carbonyl (C=O) groups excluding carboxylic acids is 1. The summed E-state index contributed by atoms with van der Waals surface area (Å²) < 4.78 is 11.6. The van der Waals surface area contributed by atoms with Crippen molar-refractivity contribution < 1.29 is 13.9 Å². The van der Waals surface area contributed by atoms with Crippen molar-refractivity contribution in [3.05, 3.63) is 88.9 Å². The summed E-state index contributed by atoms with van der Waals surface area (Å²) in [6.45, 7) is 3.58. The number of aryl methyl sites for hydroxylation is 2. The molecule has 0 bridgehead atoms. The number of nitrogens with zero attached hydrogens (tertiary/aromatic N) is 1. The Morgan fingerprint density at radius 3 is 2.56 bits per heavy atom. The van der Waals surface area contributed by atoms with E-state index in [4.69, 9.17) is 9.15 Å². The van der Waals surface area contributed by atoms with Crippen LogP contribution in [0.25, 0.3) is 0 Å². The Labute approximate surface area is 157 Å². The number of amides is 1. The van der Waals surface area contributed by atoms with Crippen LogP contribution in [0.15, 0.2) is 70.2 Å². The first-order chi connectivity index (χ1) is 13.1. The number of ether oxygens (including phenoxy) is 1. The fraction of sp³-hybridized carbons (Fsp3) is 0.182. The maximum Gasteiger partial charge on any atom is 0.274 e. The van der Waals surface area contributed by atoms with Crippen molar-refractivity contribution in [3.63, 3.8) is 0 Å². The smallest absolute Gasteiger partial charge is 0.274 e. The Hall–Kier alpha value is -3.34. The number of rotatable bonds is 3. The number of para-hydroxylation sites is 1. The molecule has 0 unspecified atom stereocenters. The number of hydrogen-bond donors (Lipinski definition) is 1. The molecular weight excluding hydrogens is 340 g/mol. The third-order valence-corrected chi connectivity index (χ3v) is 4.60. The van der Waals surface area contributed by atoms with Crippen molar-refractivity contribution in [1.82, 2.24) is 5.43 Å². The molecule has 0 radical (unpaired) electrons. The summed E-state index contributed by atoms with van der Waals surface area (Å²) in [4.78, 5) is 12.5. The molecule has 2 aromatic carbocycles. The van der Waals surface area contributed by atoms with Gasteiger partial charge in [0, 0.05) is 12.0 Å². The second-order valence-electron chi connectivity index (χ2n) is 6.54. The van der Waals surface area contributed by atoms with E-state index in [2.05, 4.69) is 10.5 Å². The molecule has 136 valence electrons. The van der Waals surface area contributed by atoms with Crippen molar-refractivity contribution in [3.8, 4) is 5.75 Å². The van der Waals surface area contributed by atoms with Crippen LogP contribution >= 0.6 is 0 Å². The standard InChI is InChI=1S/C22H20N2O3/c1-14-12-18(15(2)26-14)22(25)24-23-19-13-21(16-8-4-3-5-9-16)27-20-11-7-6-10-17(19)20/h3-12,21H,13H2,1-2H3,(H,24,25)/b23-19-/t21-/m0/s1. The Balaban J connectivity index is 1.63. The quantitative estimate of drug-likeness (QED) is 0.697. The molecule has 5 nitrogen and oxygen atoms in total. The summed E-state index contributed by atoms with van der Waals surface area (Å²) in [5.41, 5.74) is 5.92. The molecule has 5 heteroatoms. The molecule has 3 aromatic rings. The summed E-state index contributed by atoms with van der Waals surface area (Å²) >= 11 is 0. The van der Waals surface area contributed by atoms with Crippen LogP contribution in [0.4, 0.5) is 0 Å². The third-order valence-electron chi connectivity index (χ3n) is 4.60. The highest BCUT2D eigenvalue weighted by molar-refractivity contribution is 6.05. The Bertz CT molecular complexity index is 1010. The van der Waals surface area contributed by atoms with E-state index in [0.29, 0.717) is 23.5 Å². The predicted octanol–water partition coefficient (Wildman–Crippen LogP) is 4.55. The number of hydrogen-bond acceptors (Lipinski definition) is 4. The topological polar surface area (TPSA) is 63.8 Å². The average Bonchev–Trinajstić information content (AvgIpc) is 3.04. The van der Waals surface area contributed by atoms with E-state index in [9.17, 15) is 4.79 Å². The van der Waals surface area contributed by atoms with E-state index in [1.54, 1.807) is 13.0 Å². The number of furan rings is 1. The second kappa shape index (κ2) is 7.11. The highest BCUT2D eigenvalue weighted by atomic mass is 16.5. The van der Waals surface area contributed by atoms with Gasteiger partial charge < -0.3 is 9.15 Å². The molecule has 1 amide bonds. The van der Waals surface area contributed by atoms with Gasteiger partial charge in [-0.2, -0.15) is 5.10 Å². The Kier molecular flexibility index (Phi) is 4.50. The van der Waals surface area contributed by atoms with Gasteiger partial charge in [-0.3, -0.25) is 4.79 Å². The van der Waals surface area contributed by atoms with Crippen LogP contribution in [-0.2, 0) is 0 Å². The Morgan fingerprint density at radius 1 is 1.07 bits per heavy atom. The molecule has 0 saturated carbocycles. The zero-order valence-electron chi connectivity index (χ0n) is 15.2. The summed E-state index contributed by atoms with van der Waals surface area (Å²) in [7, 11) is 0. The van der Waals surface area contributed by atoms with E-state index in [1.807, 2.05) is 61.5 Å². The summed E-state index contributed by atoms with van der Waals surface area (Å²) in [6.07, 6.45) is 0.430. The average molecular weight is 360 g/mol. The lowest BCUT2D eigenvalue weighted by Gasteiger charge is -2.27. The maximum atomic E-state index is 12.5. The fourth-order valence-electron chi connectivity index (χ4n) is 3.28. The minimum Gasteiger partial charge on any atom is -0.485 e. The second-order valence-corrected chi connectivity index (χ2v) is 6.54. The monoisotopic (exact) mass is 360 g/mol. The van der Waals surface area contributed by atoms with Crippen molar-refractivity contribution >= 4 is 11.6 Å². The fourth-order valence-corrected chi connectivity index (χ4v) is 3.28. The molecule has 0 fully saturated rings. The molecule has 0 saturated heterocycles. The zero-order valence-corrected chi connectivity index (χ0v) is 15.2. The molecule has 4 rings (SSSR count). The predicted molar refractivity (Wildman–Crippen MR) is 103 cm³/mol. The SMILES string of the molecule is Cc1cc(C(=O)N/N=C2/C[C@@H](c3ccccc3)Oc3ccccc32)c(C)o1. The van der Waals surface area contributed by atoms with Gasteiger partial charge in [-0.1, -0.05) is 42.5 Å². The molecule has 27 heavy (non-hydrogen) atoms. The van der Waals surface area contributed by atoms with Crippen LogP contribution in [0.1, 0.15) is 45.5 Å². The molecule has 2 heterocycles. The van der Waals surface area contributed by atoms with Crippen molar-refractivity contribution in [2.75, 3.05) is 0 Å². The number of carbonyl (C=O) groups is 1. The van der Waals surface area contributed by atoms with Crippen LogP contribution in [0, 0.1) is 13.8 Å². The van der Waals surface area contributed by atoms with E-state index >= 15 is 0 Å². The lowest BCUT2D eigenvalue weighted by atomic mass is 9.96. The van der Waals surface area contributed by atoms with Gasteiger partial charge in [0.05, 0.1) is 11.3 Å². The number of benzene rings is 2. The number of hydrazone groups is 1. The molecule has 1 aromatic heterocycles. The van der Waals surface area contributed by atoms with E-state index in [1.165, 1.54) is 0 Å². The van der Waals surface area contributed by atoms with Crippen LogP contribution in [-0.4, -0.2) is 11.6 Å². The minimum absolute atomic E-state index is 0.144. The van der Waals surface area contributed by atoms with Crippen molar-refractivity contribution in [2.24, 2.45) is 5.10 Å². The van der Waals surface area contributed by atoms with Gasteiger partial charge in [0.1, 0.15) is 23.4 Å². The van der Waals surface area contributed by atoms with Crippen molar-refractivity contribution in [1.29, 1.82) is 0 Å². The van der Waals surface area contributed by atoms with Gasteiger partial charge in [-0.05, 0) is 37.6 Å². The van der Waals surface area contributed by atoms with Gasteiger partial charge in [0.25, 0.3) is 5.91 Å². The first-order valence-corrected chi connectivity index (χ1v) is 8.87. The van der Waals surface area contributed by atoms with E-state index in [0.717, 1.165) is 22.6 Å². The summed E-state index contributed by atoms with van der Waals surface area (Å²) in [5.74, 6) is 1.77. The molecule has 1 aliphatic rings. The lowest BCUT2D eigenvalue weighted by Crippen LogP contribution is -2.25.